The van der Waals surface area contributed by atoms with Crippen LogP contribution in [0.2, 0.25) is 0 Å². The lowest BCUT2D eigenvalue weighted by Gasteiger charge is -2.01. The summed E-state index contributed by atoms with van der Waals surface area (Å²) in [7, 11) is 1.53. The summed E-state index contributed by atoms with van der Waals surface area (Å²) in [4.78, 5) is 21.2. The van der Waals surface area contributed by atoms with Gasteiger partial charge in [-0.15, -0.1) is 0 Å². The maximum absolute atomic E-state index is 11.2. The third-order valence-electron chi connectivity index (χ3n) is 2.22. The van der Waals surface area contributed by atoms with Crippen LogP contribution in [0.15, 0.2) is 29.4 Å². The van der Waals surface area contributed by atoms with E-state index in [1.807, 2.05) is 0 Å². The van der Waals surface area contributed by atoms with Gasteiger partial charge in [0.05, 0.1) is 24.5 Å². The highest BCUT2D eigenvalue weighted by atomic mass is 16.6. The van der Waals surface area contributed by atoms with Crippen molar-refractivity contribution in [2.75, 3.05) is 19.1 Å². The van der Waals surface area contributed by atoms with E-state index in [0.29, 0.717) is 11.4 Å². The van der Waals surface area contributed by atoms with Crippen molar-refractivity contribution in [1.29, 1.82) is 0 Å². The van der Waals surface area contributed by atoms with Crippen molar-refractivity contribution in [2.24, 2.45) is 5.10 Å². The number of nitro groups is 1. The van der Waals surface area contributed by atoms with Gasteiger partial charge in [-0.3, -0.25) is 4.79 Å². The molecular formula is C12H15N3O5. The van der Waals surface area contributed by atoms with E-state index in [9.17, 15) is 14.9 Å². The van der Waals surface area contributed by atoms with Crippen LogP contribution < -0.4 is 10.2 Å². The van der Waals surface area contributed by atoms with Crippen molar-refractivity contribution in [2.45, 2.75) is 13.3 Å². The largest absolute Gasteiger partial charge is 0.497 e. The van der Waals surface area contributed by atoms with Gasteiger partial charge in [0.15, 0.2) is 6.42 Å². The number of hydrogen-bond acceptors (Lipinski definition) is 7. The minimum Gasteiger partial charge on any atom is -0.497 e. The molecule has 0 bridgehead atoms. The summed E-state index contributed by atoms with van der Waals surface area (Å²) < 4.78 is 9.62. The molecule has 0 aliphatic rings. The molecule has 1 aromatic rings. The van der Waals surface area contributed by atoms with Crippen LogP contribution in [0.3, 0.4) is 0 Å². The van der Waals surface area contributed by atoms with Crippen LogP contribution in [0.5, 0.6) is 5.75 Å². The molecule has 1 rings (SSSR count). The number of ether oxygens (including phenoxy) is 2. The van der Waals surface area contributed by atoms with Crippen molar-refractivity contribution >= 4 is 17.5 Å². The molecule has 0 saturated heterocycles. The molecule has 0 amide bonds. The van der Waals surface area contributed by atoms with Crippen LogP contribution in [-0.4, -0.2) is 30.4 Å². The Balaban J connectivity index is 2.71. The zero-order valence-electron chi connectivity index (χ0n) is 11.2. The Bertz CT molecular complexity index is 498. The van der Waals surface area contributed by atoms with E-state index in [4.69, 9.17) is 4.74 Å². The molecule has 0 fully saturated rings. The summed E-state index contributed by atoms with van der Waals surface area (Å²) in [6, 6.07) is 6.64. The molecular weight excluding hydrogens is 266 g/mol. The highest BCUT2D eigenvalue weighted by molar-refractivity contribution is 5.93. The van der Waals surface area contributed by atoms with Crippen LogP contribution in [0.4, 0.5) is 5.69 Å². The second kappa shape index (κ2) is 7.72. The summed E-state index contributed by atoms with van der Waals surface area (Å²) in [5, 5.41) is 14.4. The molecule has 8 nitrogen and oxygen atoms in total. The number of rotatable bonds is 6. The van der Waals surface area contributed by atoms with Crippen LogP contribution in [0.25, 0.3) is 0 Å². The topological polar surface area (TPSA) is 103 Å². The maximum Gasteiger partial charge on any atom is 0.375 e. The molecule has 1 N–H and O–H groups in total. The predicted octanol–water partition coefficient (Wildman–Crippen LogP) is 1.65. The van der Waals surface area contributed by atoms with Gasteiger partial charge in [-0.25, -0.2) is 0 Å². The first kappa shape index (κ1) is 15.4. The van der Waals surface area contributed by atoms with Gasteiger partial charge in [0.2, 0.25) is 0 Å². The summed E-state index contributed by atoms with van der Waals surface area (Å²) in [5.74, 6) is -0.556. The third kappa shape index (κ3) is 4.92. The summed E-state index contributed by atoms with van der Waals surface area (Å²) >= 11 is 0. The number of carbonyl (C=O) groups is 1. The van der Waals surface area contributed by atoms with Crippen LogP contribution >= 0.6 is 0 Å². The zero-order valence-corrected chi connectivity index (χ0v) is 11.2. The lowest BCUT2D eigenvalue weighted by molar-refractivity contribution is -0.352. The van der Waals surface area contributed by atoms with Gasteiger partial charge in [0.25, 0.3) is 0 Å². The Labute approximate surface area is 115 Å². The molecule has 0 spiro atoms. The van der Waals surface area contributed by atoms with E-state index in [1.165, 1.54) is 7.11 Å². The Hall–Kier alpha value is -2.64. The molecule has 108 valence electrons. The van der Waals surface area contributed by atoms with E-state index in [2.05, 4.69) is 15.3 Å². The van der Waals surface area contributed by atoms with Crippen molar-refractivity contribution in [1.82, 2.24) is 0 Å². The number of hydrazone groups is 1. The van der Waals surface area contributed by atoms with Gasteiger partial charge < -0.3 is 19.6 Å². The molecule has 0 saturated carbocycles. The average Bonchev–Trinajstić information content (AvgIpc) is 2.44. The number of esters is 1. The zero-order chi connectivity index (χ0) is 15.0. The number of methoxy groups -OCH3 is 1. The fourth-order valence-electron chi connectivity index (χ4n) is 1.28. The molecule has 0 aliphatic carbocycles. The van der Waals surface area contributed by atoms with E-state index < -0.39 is 23.1 Å². The Morgan fingerprint density at radius 2 is 2.05 bits per heavy atom. The van der Waals surface area contributed by atoms with Gasteiger partial charge in [0, 0.05) is 0 Å². The molecule has 0 radical (unpaired) electrons. The van der Waals surface area contributed by atoms with Gasteiger partial charge >= 0.3 is 11.8 Å². The molecule has 0 heterocycles. The summed E-state index contributed by atoms with van der Waals surface area (Å²) in [6.07, 6.45) is -0.496. The Morgan fingerprint density at radius 3 is 2.55 bits per heavy atom. The number of carbonyl (C=O) groups excluding carboxylic acids is 1. The predicted molar refractivity (Wildman–Crippen MR) is 72.3 cm³/mol. The molecule has 0 atom stereocenters. The Morgan fingerprint density at radius 1 is 1.40 bits per heavy atom. The standard InChI is InChI=1S/C12H15N3O5/c1-3-20-12(16)8-11(15(17)18)14-13-9-4-6-10(19-2)7-5-9/h4-7,13H,3,8H2,1-2H3/b14-11-. The number of anilines is 1. The second-order valence-corrected chi connectivity index (χ2v) is 3.61. The molecule has 20 heavy (non-hydrogen) atoms. The Kier molecular flexibility index (Phi) is 5.95. The SMILES string of the molecule is CCOC(=O)C/C(=N/Nc1ccc(OC)cc1)[N+](=O)[O-]. The summed E-state index contributed by atoms with van der Waals surface area (Å²) in [5.41, 5.74) is 3.04. The lowest BCUT2D eigenvalue weighted by Crippen LogP contribution is -2.19. The highest BCUT2D eigenvalue weighted by Gasteiger charge is 2.19. The number of hydrogen-bond donors (Lipinski definition) is 1. The fourth-order valence-corrected chi connectivity index (χ4v) is 1.28. The highest BCUT2D eigenvalue weighted by Crippen LogP contribution is 2.14. The quantitative estimate of drug-likeness (QED) is 0.279. The minimum atomic E-state index is -0.729. The molecule has 1 aromatic carbocycles. The van der Waals surface area contributed by atoms with Gasteiger partial charge in [-0.2, -0.15) is 5.43 Å². The fraction of sp³-hybridized carbons (Fsp3) is 0.333. The first-order chi connectivity index (χ1) is 9.56. The monoisotopic (exact) mass is 281 g/mol. The molecule has 0 aromatic heterocycles. The lowest BCUT2D eigenvalue weighted by atomic mass is 10.3. The van der Waals surface area contributed by atoms with Crippen LogP contribution in [0.1, 0.15) is 13.3 Å². The van der Waals surface area contributed by atoms with Crippen LogP contribution in [-0.2, 0) is 9.53 Å². The number of nitrogens with zero attached hydrogens (tertiary/aromatic N) is 2. The third-order valence-corrected chi connectivity index (χ3v) is 2.22. The minimum absolute atomic E-state index is 0.162. The van der Waals surface area contributed by atoms with E-state index in [0.717, 1.165) is 0 Å². The van der Waals surface area contributed by atoms with Gasteiger partial charge in [0.1, 0.15) is 5.75 Å². The normalized spacial score (nSPS) is 10.8. The first-order valence-corrected chi connectivity index (χ1v) is 5.83. The van der Waals surface area contributed by atoms with E-state index in [1.54, 1.807) is 31.2 Å². The van der Waals surface area contributed by atoms with Crippen molar-refractivity contribution in [3.05, 3.63) is 34.4 Å². The average molecular weight is 281 g/mol. The molecule has 0 aliphatic heterocycles. The molecule has 0 unspecified atom stereocenters. The second-order valence-electron chi connectivity index (χ2n) is 3.61. The molecule has 8 heteroatoms. The number of benzene rings is 1. The van der Waals surface area contributed by atoms with E-state index in [-0.39, 0.29) is 6.61 Å². The van der Waals surface area contributed by atoms with Crippen molar-refractivity contribution < 1.29 is 19.2 Å². The van der Waals surface area contributed by atoms with Crippen molar-refractivity contribution in [3.63, 3.8) is 0 Å². The van der Waals surface area contributed by atoms with Crippen LogP contribution in [0, 0.1) is 10.1 Å². The summed E-state index contributed by atoms with van der Waals surface area (Å²) in [6.45, 7) is 1.78. The van der Waals surface area contributed by atoms with Crippen molar-refractivity contribution in [3.8, 4) is 5.75 Å². The van der Waals surface area contributed by atoms with E-state index >= 15 is 0 Å². The number of amidine groups is 1. The van der Waals surface area contributed by atoms with Gasteiger partial charge in [-0.05, 0) is 36.1 Å². The maximum atomic E-state index is 11.2. The van der Waals surface area contributed by atoms with Gasteiger partial charge in [-0.1, -0.05) is 0 Å². The smallest absolute Gasteiger partial charge is 0.375 e. The first-order valence-electron chi connectivity index (χ1n) is 5.83. The number of nitrogens with one attached hydrogen (secondary N) is 1.